The highest BCUT2D eigenvalue weighted by molar-refractivity contribution is 5.83. The van der Waals surface area contributed by atoms with E-state index in [-0.39, 0.29) is 40.9 Å². The van der Waals surface area contributed by atoms with Crippen molar-refractivity contribution in [1.29, 1.82) is 0 Å². The Morgan fingerprint density at radius 1 is 0.738 bits per heavy atom. The highest BCUT2D eigenvalue weighted by Gasteiger charge is 2.33. The molecule has 3 N–H and O–H groups in total. The molecule has 0 bridgehead atoms. The van der Waals surface area contributed by atoms with E-state index in [2.05, 4.69) is 136 Å². The summed E-state index contributed by atoms with van der Waals surface area (Å²) < 4.78 is 0. The van der Waals surface area contributed by atoms with E-state index in [4.69, 9.17) is 0 Å². The predicted octanol–water partition coefficient (Wildman–Crippen LogP) is 8.36. The minimum Gasteiger partial charge on any atom is -0.334 e. The van der Waals surface area contributed by atoms with Gasteiger partial charge in [-0.15, -0.1) is 0 Å². The molecule has 1 unspecified atom stereocenters. The van der Waals surface area contributed by atoms with Gasteiger partial charge in [-0.25, -0.2) is 4.79 Å². The second-order valence-electron chi connectivity index (χ2n) is 14.1. The molecular weight excluding hydrogens is 514 g/mol. The number of amides is 2. The van der Waals surface area contributed by atoms with Crippen molar-refractivity contribution in [2.75, 3.05) is 6.54 Å². The lowest BCUT2D eigenvalue weighted by atomic mass is 9.80. The van der Waals surface area contributed by atoms with Gasteiger partial charge in [0.1, 0.15) is 0 Å². The van der Waals surface area contributed by atoms with Gasteiger partial charge in [-0.3, -0.25) is 0 Å². The fourth-order valence-corrected chi connectivity index (χ4v) is 6.15. The number of carbonyl (C=O) groups is 1. The predicted molar refractivity (Wildman–Crippen MR) is 176 cm³/mol. The molecule has 0 spiro atoms. The van der Waals surface area contributed by atoms with Crippen molar-refractivity contribution in [2.45, 2.75) is 89.8 Å². The smallest absolute Gasteiger partial charge is 0.315 e. The number of nitrogens with one attached hydrogen (secondary N) is 3. The summed E-state index contributed by atoms with van der Waals surface area (Å²) in [6, 6.07) is 33.0. The molecule has 1 saturated heterocycles. The first-order valence-corrected chi connectivity index (χ1v) is 15.4. The SMILES string of the molecule is C[C@@H](NC(=O)N[C@H]1CNC(C(c2ccc(C(C)(C)C)cc2)c2ccc(C(C)(C)C)cc2)C1)c1ccc2ccccc2c1. The quantitative estimate of drug-likeness (QED) is 0.222. The maximum Gasteiger partial charge on any atom is 0.315 e. The topological polar surface area (TPSA) is 53.2 Å². The highest BCUT2D eigenvalue weighted by atomic mass is 16.2. The van der Waals surface area contributed by atoms with Crippen LogP contribution in [0.25, 0.3) is 10.8 Å². The van der Waals surface area contributed by atoms with Crippen LogP contribution in [-0.4, -0.2) is 24.7 Å². The third-order valence-electron chi connectivity index (χ3n) is 8.80. The van der Waals surface area contributed by atoms with Crippen LogP contribution in [0.4, 0.5) is 4.79 Å². The molecule has 1 fully saturated rings. The van der Waals surface area contributed by atoms with Crippen LogP contribution in [0.2, 0.25) is 0 Å². The average molecular weight is 562 g/mol. The molecule has 42 heavy (non-hydrogen) atoms. The lowest BCUT2D eigenvalue weighted by Crippen LogP contribution is -2.43. The molecule has 4 aromatic carbocycles. The van der Waals surface area contributed by atoms with Crippen molar-refractivity contribution in [3.8, 4) is 0 Å². The average Bonchev–Trinajstić information content (AvgIpc) is 3.40. The maximum absolute atomic E-state index is 13.1. The van der Waals surface area contributed by atoms with Crippen LogP contribution in [0.1, 0.15) is 94.7 Å². The summed E-state index contributed by atoms with van der Waals surface area (Å²) in [5.74, 6) is 0.194. The van der Waals surface area contributed by atoms with Crippen LogP contribution >= 0.6 is 0 Å². The lowest BCUT2D eigenvalue weighted by molar-refractivity contribution is 0.234. The van der Waals surface area contributed by atoms with Gasteiger partial charge in [-0.1, -0.05) is 126 Å². The number of fused-ring (bicyclic) bond motifs is 1. The Morgan fingerprint density at radius 2 is 1.26 bits per heavy atom. The van der Waals surface area contributed by atoms with Gasteiger partial charge in [0.05, 0.1) is 6.04 Å². The molecule has 4 heteroatoms. The number of hydrogen-bond acceptors (Lipinski definition) is 2. The molecule has 0 aliphatic carbocycles. The van der Waals surface area contributed by atoms with Crippen molar-refractivity contribution in [3.63, 3.8) is 0 Å². The number of benzene rings is 4. The summed E-state index contributed by atoms with van der Waals surface area (Å²) in [7, 11) is 0. The second-order valence-corrected chi connectivity index (χ2v) is 14.1. The zero-order valence-electron chi connectivity index (χ0n) is 26.3. The van der Waals surface area contributed by atoms with Gasteiger partial charge in [-0.05, 0) is 68.8 Å². The van der Waals surface area contributed by atoms with E-state index >= 15 is 0 Å². The largest absolute Gasteiger partial charge is 0.334 e. The molecule has 3 atom stereocenters. The Kier molecular flexibility index (Phi) is 8.48. The number of hydrogen-bond donors (Lipinski definition) is 3. The minimum absolute atomic E-state index is 0.0593. The molecular formula is C38H47N3O. The van der Waals surface area contributed by atoms with Crippen molar-refractivity contribution >= 4 is 16.8 Å². The van der Waals surface area contributed by atoms with Crippen LogP contribution in [0, 0.1) is 0 Å². The third kappa shape index (κ3) is 6.87. The molecule has 2 amide bonds. The van der Waals surface area contributed by atoms with Gasteiger partial charge >= 0.3 is 6.03 Å². The molecule has 1 aliphatic heterocycles. The van der Waals surface area contributed by atoms with E-state index < -0.39 is 0 Å². The van der Waals surface area contributed by atoms with E-state index in [1.165, 1.54) is 33.0 Å². The number of rotatable bonds is 6. The summed E-state index contributed by atoms with van der Waals surface area (Å²) in [6.45, 7) is 16.3. The lowest BCUT2D eigenvalue weighted by Gasteiger charge is -2.28. The van der Waals surface area contributed by atoms with E-state index in [1.807, 2.05) is 19.1 Å². The summed E-state index contributed by atoms with van der Waals surface area (Å²) in [5, 5.41) is 12.6. The molecule has 0 radical (unpaired) electrons. The van der Waals surface area contributed by atoms with E-state index in [9.17, 15) is 4.79 Å². The fourth-order valence-electron chi connectivity index (χ4n) is 6.15. The summed E-state index contributed by atoms with van der Waals surface area (Å²) in [5.41, 5.74) is 6.61. The van der Waals surface area contributed by atoms with Gasteiger partial charge in [0.2, 0.25) is 0 Å². The van der Waals surface area contributed by atoms with Crippen molar-refractivity contribution in [2.24, 2.45) is 0 Å². The van der Waals surface area contributed by atoms with E-state index in [0.29, 0.717) is 0 Å². The normalized spacial score (nSPS) is 18.3. The molecule has 4 nitrogen and oxygen atoms in total. The monoisotopic (exact) mass is 561 g/mol. The van der Waals surface area contributed by atoms with Crippen molar-refractivity contribution < 1.29 is 4.79 Å². The summed E-state index contributed by atoms with van der Waals surface area (Å²) >= 11 is 0. The van der Waals surface area contributed by atoms with Gasteiger partial charge < -0.3 is 16.0 Å². The zero-order valence-corrected chi connectivity index (χ0v) is 26.3. The standard InChI is InChI=1S/C38H47N3O/c1-25(29-13-12-26-10-8-9-11-30(26)22-29)40-36(42)41-33-23-34(39-24-33)35(27-14-18-31(19-15-27)37(2,3)4)28-16-20-32(21-17-28)38(5,6)7/h8-22,25,33-35,39H,23-24H2,1-7H3,(H2,40,41,42)/t25-,33-,34?/m1/s1. The molecule has 5 rings (SSSR count). The molecule has 0 saturated carbocycles. The van der Waals surface area contributed by atoms with E-state index in [1.54, 1.807) is 0 Å². The third-order valence-corrected chi connectivity index (χ3v) is 8.80. The molecule has 220 valence electrons. The Morgan fingerprint density at radius 3 is 1.81 bits per heavy atom. The molecule has 1 aliphatic rings. The van der Waals surface area contributed by atoms with Crippen LogP contribution in [0.15, 0.2) is 91.0 Å². The van der Waals surface area contributed by atoms with Gasteiger partial charge in [0.25, 0.3) is 0 Å². The molecule has 1 heterocycles. The first kappa shape index (κ1) is 29.8. The fraction of sp³-hybridized carbons (Fsp3) is 0.395. The highest BCUT2D eigenvalue weighted by Crippen LogP contribution is 2.35. The van der Waals surface area contributed by atoms with Crippen LogP contribution in [0.5, 0.6) is 0 Å². The Hall–Kier alpha value is -3.63. The first-order valence-electron chi connectivity index (χ1n) is 15.4. The van der Waals surface area contributed by atoms with Gasteiger partial charge in [0.15, 0.2) is 0 Å². The molecule has 4 aromatic rings. The minimum atomic E-state index is -0.122. The van der Waals surface area contributed by atoms with Crippen molar-refractivity contribution in [3.05, 3.63) is 119 Å². The Balaban J connectivity index is 1.29. The maximum atomic E-state index is 13.1. The first-order chi connectivity index (χ1) is 19.9. The zero-order chi connectivity index (χ0) is 30.1. The number of urea groups is 1. The van der Waals surface area contributed by atoms with Crippen LogP contribution < -0.4 is 16.0 Å². The van der Waals surface area contributed by atoms with Gasteiger partial charge in [-0.2, -0.15) is 0 Å². The van der Waals surface area contributed by atoms with E-state index in [0.717, 1.165) is 18.5 Å². The van der Waals surface area contributed by atoms with Crippen LogP contribution in [-0.2, 0) is 10.8 Å². The molecule has 0 aromatic heterocycles. The van der Waals surface area contributed by atoms with Gasteiger partial charge in [0, 0.05) is 24.5 Å². The Bertz CT molecular complexity index is 1450. The van der Waals surface area contributed by atoms with Crippen LogP contribution in [0.3, 0.4) is 0 Å². The number of carbonyl (C=O) groups excluding carboxylic acids is 1. The summed E-state index contributed by atoms with van der Waals surface area (Å²) in [4.78, 5) is 13.1. The second kappa shape index (κ2) is 11.9. The summed E-state index contributed by atoms with van der Waals surface area (Å²) in [6.07, 6.45) is 0.866. The Labute approximate surface area is 252 Å². The van der Waals surface area contributed by atoms with Crippen molar-refractivity contribution in [1.82, 2.24) is 16.0 Å².